The molecule has 1 saturated carbocycles. The summed E-state index contributed by atoms with van der Waals surface area (Å²) in [7, 11) is 0. The number of anilines is 1. The molecular weight excluding hydrogens is 270 g/mol. The molecule has 18 heavy (non-hydrogen) atoms. The van der Waals surface area contributed by atoms with Crippen LogP contribution in [0.1, 0.15) is 34.8 Å². The van der Waals surface area contributed by atoms with E-state index in [9.17, 15) is 4.79 Å². The molecule has 0 radical (unpaired) electrons. The van der Waals surface area contributed by atoms with Gasteiger partial charge in [0.2, 0.25) is 0 Å². The van der Waals surface area contributed by atoms with Crippen LogP contribution in [0.25, 0.3) is 0 Å². The molecule has 1 aliphatic carbocycles. The Labute approximate surface area is 113 Å². The van der Waals surface area contributed by atoms with Crippen molar-refractivity contribution < 1.29 is 4.79 Å². The maximum Gasteiger partial charge on any atom is 0.259 e. The molecule has 1 amide bonds. The van der Waals surface area contributed by atoms with Gasteiger partial charge >= 0.3 is 0 Å². The lowest BCUT2D eigenvalue weighted by atomic mass is 10.2. The minimum Gasteiger partial charge on any atom is -0.298 e. The zero-order valence-corrected chi connectivity index (χ0v) is 11.0. The van der Waals surface area contributed by atoms with Gasteiger partial charge in [0.1, 0.15) is 0 Å². The van der Waals surface area contributed by atoms with Crippen molar-refractivity contribution in [2.45, 2.75) is 18.8 Å². The number of hydrogen-bond donors (Lipinski definition) is 1. The fourth-order valence-electron chi connectivity index (χ4n) is 1.63. The van der Waals surface area contributed by atoms with Crippen LogP contribution in [-0.4, -0.2) is 15.9 Å². The third-order valence-electron chi connectivity index (χ3n) is 2.76. The van der Waals surface area contributed by atoms with Crippen molar-refractivity contribution in [3.8, 4) is 0 Å². The zero-order valence-electron chi connectivity index (χ0n) is 9.39. The van der Waals surface area contributed by atoms with Crippen LogP contribution in [-0.2, 0) is 0 Å². The molecule has 4 nitrogen and oxygen atoms in total. The number of nitrogens with zero attached hydrogens (tertiary/aromatic N) is 2. The van der Waals surface area contributed by atoms with Crippen LogP contribution in [0.5, 0.6) is 0 Å². The Morgan fingerprint density at radius 2 is 2.33 bits per heavy atom. The molecule has 2 aromatic rings. The number of aromatic nitrogens is 2. The molecule has 0 saturated heterocycles. The number of rotatable bonds is 3. The molecule has 0 aliphatic heterocycles. The molecular formula is C12H10ClN3OS. The lowest BCUT2D eigenvalue weighted by Crippen LogP contribution is -2.12. The number of thiazole rings is 1. The highest BCUT2D eigenvalue weighted by molar-refractivity contribution is 7.14. The lowest BCUT2D eigenvalue weighted by molar-refractivity contribution is 0.102. The van der Waals surface area contributed by atoms with Gasteiger partial charge in [0.15, 0.2) is 5.13 Å². The van der Waals surface area contributed by atoms with E-state index in [0.29, 0.717) is 21.6 Å². The maximum atomic E-state index is 12.0. The summed E-state index contributed by atoms with van der Waals surface area (Å²) in [6.45, 7) is 0. The van der Waals surface area contributed by atoms with Crippen LogP contribution >= 0.6 is 22.9 Å². The number of nitrogens with one attached hydrogen (secondary N) is 1. The van der Waals surface area contributed by atoms with Crippen molar-refractivity contribution in [1.82, 2.24) is 9.97 Å². The number of pyridine rings is 1. The average molecular weight is 280 g/mol. The van der Waals surface area contributed by atoms with E-state index in [2.05, 4.69) is 15.3 Å². The first-order valence-electron chi connectivity index (χ1n) is 5.60. The summed E-state index contributed by atoms with van der Waals surface area (Å²) >= 11 is 7.36. The summed E-state index contributed by atoms with van der Waals surface area (Å²) in [5, 5.41) is 5.72. The van der Waals surface area contributed by atoms with Crippen LogP contribution in [0, 0.1) is 0 Å². The van der Waals surface area contributed by atoms with Gasteiger partial charge in [-0.3, -0.25) is 15.1 Å². The van der Waals surface area contributed by atoms with Gasteiger partial charge in [-0.05, 0) is 18.9 Å². The molecule has 3 rings (SSSR count). The van der Waals surface area contributed by atoms with Gasteiger partial charge in [-0.15, -0.1) is 11.3 Å². The van der Waals surface area contributed by atoms with E-state index in [-0.39, 0.29) is 5.91 Å². The maximum absolute atomic E-state index is 12.0. The van der Waals surface area contributed by atoms with Crippen LogP contribution in [0.2, 0.25) is 5.02 Å². The van der Waals surface area contributed by atoms with Crippen LogP contribution in [0.4, 0.5) is 5.13 Å². The number of amides is 1. The summed E-state index contributed by atoms with van der Waals surface area (Å²) in [5.41, 5.74) is 1.49. The highest BCUT2D eigenvalue weighted by Gasteiger charge is 2.26. The van der Waals surface area contributed by atoms with Crippen molar-refractivity contribution in [1.29, 1.82) is 0 Å². The van der Waals surface area contributed by atoms with Gasteiger partial charge in [0.25, 0.3) is 5.91 Å². The van der Waals surface area contributed by atoms with Crippen molar-refractivity contribution in [2.75, 3.05) is 5.32 Å². The van der Waals surface area contributed by atoms with E-state index in [4.69, 9.17) is 11.6 Å². The molecule has 1 fully saturated rings. The van der Waals surface area contributed by atoms with Crippen LogP contribution in [0.15, 0.2) is 23.8 Å². The van der Waals surface area contributed by atoms with Gasteiger partial charge < -0.3 is 0 Å². The molecule has 0 atom stereocenters. The van der Waals surface area contributed by atoms with E-state index in [1.165, 1.54) is 36.6 Å². The average Bonchev–Trinajstić information content (AvgIpc) is 3.11. The van der Waals surface area contributed by atoms with Gasteiger partial charge in [-0.2, -0.15) is 0 Å². The Morgan fingerprint density at radius 3 is 3.06 bits per heavy atom. The molecule has 6 heteroatoms. The standard InChI is InChI=1S/C12H10ClN3OS/c13-9-5-14-4-3-8(9)11(17)16-12-15-10(6-18-12)7-1-2-7/h3-7H,1-2H2,(H,15,16,17). The fraction of sp³-hybridized carbons (Fsp3) is 0.250. The highest BCUT2D eigenvalue weighted by atomic mass is 35.5. The molecule has 0 spiro atoms. The van der Waals surface area contributed by atoms with Gasteiger partial charge in [-0.25, -0.2) is 4.98 Å². The third kappa shape index (κ3) is 2.37. The van der Waals surface area contributed by atoms with E-state index in [1.54, 1.807) is 6.07 Å². The van der Waals surface area contributed by atoms with Gasteiger partial charge in [-0.1, -0.05) is 11.6 Å². The molecule has 1 aliphatic rings. The molecule has 0 bridgehead atoms. The monoisotopic (exact) mass is 279 g/mol. The van der Waals surface area contributed by atoms with E-state index >= 15 is 0 Å². The van der Waals surface area contributed by atoms with Crippen LogP contribution in [0.3, 0.4) is 0 Å². The predicted molar refractivity (Wildman–Crippen MR) is 71.3 cm³/mol. The Bertz CT molecular complexity index is 595. The summed E-state index contributed by atoms with van der Waals surface area (Å²) < 4.78 is 0. The first kappa shape index (κ1) is 11.6. The van der Waals surface area contributed by atoms with Crippen molar-refractivity contribution in [2.24, 2.45) is 0 Å². The fourth-order valence-corrected chi connectivity index (χ4v) is 2.63. The second kappa shape index (κ2) is 4.66. The van der Waals surface area contributed by atoms with Crippen molar-refractivity contribution in [3.05, 3.63) is 40.1 Å². The minimum absolute atomic E-state index is 0.251. The second-order valence-corrected chi connectivity index (χ2v) is 5.43. The van der Waals surface area contributed by atoms with Gasteiger partial charge in [0, 0.05) is 23.7 Å². The lowest BCUT2D eigenvalue weighted by Gasteiger charge is -2.02. The summed E-state index contributed by atoms with van der Waals surface area (Å²) in [5.74, 6) is 0.343. The number of carbonyl (C=O) groups excluding carboxylic acids is 1. The zero-order chi connectivity index (χ0) is 12.5. The SMILES string of the molecule is O=C(Nc1nc(C2CC2)cs1)c1ccncc1Cl. The first-order chi connectivity index (χ1) is 8.74. The molecule has 1 N–H and O–H groups in total. The van der Waals surface area contributed by atoms with E-state index < -0.39 is 0 Å². The van der Waals surface area contributed by atoms with Crippen molar-refractivity contribution >= 4 is 34.0 Å². The number of carbonyl (C=O) groups is 1. The van der Waals surface area contributed by atoms with Gasteiger partial charge in [0.05, 0.1) is 16.3 Å². The minimum atomic E-state index is -0.251. The largest absolute Gasteiger partial charge is 0.298 e. The summed E-state index contributed by atoms with van der Waals surface area (Å²) in [6.07, 6.45) is 5.40. The van der Waals surface area contributed by atoms with E-state index in [0.717, 1.165) is 5.69 Å². The quantitative estimate of drug-likeness (QED) is 0.938. The normalized spacial score (nSPS) is 14.5. The molecule has 0 aromatic carbocycles. The van der Waals surface area contributed by atoms with E-state index in [1.807, 2.05) is 5.38 Å². The Kier molecular flexibility index (Phi) is 3.01. The number of halogens is 1. The Balaban J connectivity index is 1.75. The second-order valence-electron chi connectivity index (χ2n) is 4.16. The predicted octanol–water partition coefficient (Wildman–Crippen LogP) is 3.32. The third-order valence-corrected chi connectivity index (χ3v) is 3.83. The summed E-state index contributed by atoms with van der Waals surface area (Å²) in [4.78, 5) is 20.2. The smallest absolute Gasteiger partial charge is 0.259 e. The first-order valence-corrected chi connectivity index (χ1v) is 6.86. The summed E-state index contributed by atoms with van der Waals surface area (Å²) in [6, 6.07) is 1.59. The Morgan fingerprint density at radius 1 is 1.50 bits per heavy atom. The van der Waals surface area contributed by atoms with Crippen molar-refractivity contribution in [3.63, 3.8) is 0 Å². The number of hydrogen-bond acceptors (Lipinski definition) is 4. The van der Waals surface area contributed by atoms with Crippen LogP contribution < -0.4 is 5.32 Å². The molecule has 92 valence electrons. The molecule has 2 aromatic heterocycles. The molecule has 2 heterocycles. The topological polar surface area (TPSA) is 54.9 Å². The highest BCUT2D eigenvalue weighted by Crippen LogP contribution is 2.40. The Hall–Kier alpha value is -1.46. The molecule has 0 unspecified atom stereocenters.